The summed E-state index contributed by atoms with van der Waals surface area (Å²) in [5.41, 5.74) is 1.28. The van der Waals surface area contributed by atoms with Crippen LogP contribution in [0, 0.1) is 0 Å². The molecule has 0 spiro atoms. The molecule has 2 aliphatic heterocycles. The highest BCUT2D eigenvalue weighted by molar-refractivity contribution is 5.15. The van der Waals surface area contributed by atoms with Crippen molar-refractivity contribution in [2.45, 2.75) is 44.1 Å². The third-order valence-electron chi connectivity index (χ3n) is 3.82. The molecule has 0 bridgehead atoms. The van der Waals surface area contributed by atoms with Crippen molar-refractivity contribution in [3.8, 4) is 0 Å². The maximum atomic E-state index is 6.02. The lowest BCUT2D eigenvalue weighted by molar-refractivity contribution is -0.0625. The summed E-state index contributed by atoms with van der Waals surface area (Å²) < 4.78 is 11.8. The summed E-state index contributed by atoms with van der Waals surface area (Å²) in [5, 5.41) is 3.54. The van der Waals surface area contributed by atoms with Crippen LogP contribution in [-0.4, -0.2) is 31.6 Å². The van der Waals surface area contributed by atoms with Gasteiger partial charge in [0.25, 0.3) is 0 Å². The molecule has 2 fully saturated rings. The van der Waals surface area contributed by atoms with E-state index >= 15 is 0 Å². The zero-order chi connectivity index (χ0) is 12.2. The molecule has 18 heavy (non-hydrogen) atoms. The zero-order valence-electron chi connectivity index (χ0n) is 10.7. The fraction of sp³-hybridized carbons (Fsp3) is 0.600. The van der Waals surface area contributed by atoms with E-state index in [9.17, 15) is 0 Å². The molecular weight excluding hydrogens is 226 g/mol. The SMILES string of the molecule is c1ccc(C[C@H]2OC[C@@H]([C@H]3CCCCN3)O2)cc1. The number of ether oxygens (including phenoxy) is 2. The van der Waals surface area contributed by atoms with Gasteiger partial charge in [-0.2, -0.15) is 0 Å². The summed E-state index contributed by atoms with van der Waals surface area (Å²) in [6, 6.07) is 10.9. The van der Waals surface area contributed by atoms with Gasteiger partial charge in [-0.1, -0.05) is 36.8 Å². The van der Waals surface area contributed by atoms with E-state index < -0.39 is 0 Å². The maximum absolute atomic E-state index is 6.02. The highest BCUT2D eigenvalue weighted by atomic mass is 16.7. The molecule has 0 radical (unpaired) electrons. The minimum absolute atomic E-state index is 0.0684. The maximum Gasteiger partial charge on any atom is 0.162 e. The van der Waals surface area contributed by atoms with Gasteiger partial charge < -0.3 is 14.8 Å². The van der Waals surface area contributed by atoms with Crippen molar-refractivity contribution in [1.29, 1.82) is 0 Å². The Bertz CT molecular complexity index is 362. The largest absolute Gasteiger partial charge is 0.350 e. The van der Waals surface area contributed by atoms with Gasteiger partial charge in [0.2, 0.25) is 0 Å². The van der Waals surface area contributed by atoms with Crippen molar-refractivity contribution in [3.63, 3.8) is 0 Å². The van der Waals surface area contributed by atoms with Crippen LogP contribution < -0.4 is 5.32 Å². The molecular formula is C15H21NO2. The quantitative estimate of drug-likeness (QED) is 0.887. The van der Waals surface area contributed by atoms with E-state index in [0.29, 0.717) is 6.04 Å². The molecule has 2 aliphatic rings. The van der Waals surface area contributed by atoms with Crippen molar-refractivity contribution >= 4 is 0 Å². The molecule has 3 heteroatoms. The molecule has 3 atom stereocenters. The normalized spacial score (nSPS) is 32.6. The lowest BCUT2D eigenvalue weighted by atomic mass is 10.0. The average Bonchev–Trinajstić information content (AvgIpc) is 2.89. The molecule has 0 saturated carbocycles. The van der Waals surface area contributed by atoms with E-state index in [1.807, 2.05) is 6.07 Å². The molecule has 1 aromatic carbocycles. The number of benzene rings is 1. The Balaban J connectivity index is 1.52. The van der Waals surface area contributed by atoms with E-state index in [2.05, 4.69) is 29.6 Å². The van der Waals surface area contributed by atoms with Crippen molar-refractivity contribution in [2.24, 2.45) is 0 Å². The van der Waals surface area contributed by atoms with E-state index in [0.717, 1.165) is 19.6 Å². The first-order valence-electron chi connectivity index (χ1n) is 6.96. The summed E-state index contributed by atoms with van der Waals surface area (Å²) in [6.07, 6.45) is 4.83. The van der Waals surface area contributed by atoms with Gasteiger partial charge in [0.15, 0.2) is 6.29 Å². The van der Waals surface area contributed by atoms with E-state index in [4.69, 9.17) is 9.47 Å². The van der Waals surface area contributed by atoms with Crippen LogP contribution >= 0.6 is 0 Å². The van der Waals surface area contributed by atoms with Crippen molar-refractivity contribution in [1.82, 2.24) is 5.32 Å². The van der Waals surface area contributed by atoms with Gasteiger partial charge in [0, 0.05) is 12.5 Å². The van der Waals surface area contributed by atoms with Crippen LogP contribution in [0.1, 0.15) is 24.8 Å². The predicted molar refractivity (Wildman–Crippen MR) is 70.4 cm³/mol. The topological polar surface area (TPSA) is 30.5 Å². The predicted octanol–water partition coefficient (Wildman–Crippen LogP) is 2.11. The molecule has 3 nitrogen and oxygen atoms in total. The van der Waals surface area contributed by atoms with Crippen LogP contribution in [0.15, 0.2) is 30.3 Å². The number of hydrogen-bond acceptors (Lipinski definition) is 3. The summed E-state index contributed by atoms with van der Waals surface area (Å²) in [4.78, 5) is 0. The second-order valence-electron chi connectivity index (χ2n) is 5.18. The number of nitrogens with one attached hydrogen (secondary N) is 1. The first-order chi connectivity index (χ1) is 8.92. The minimum atomic E-state index is -0.0684. The van der Waals surface area contributed by atoms with Gasteiger partial charge in [-0.05, 0) is 24.9 Å². The Morgan fingerprint density at radius 2 is 2.06 bits per heavy atom. The highest BCUT2D eigenvalue weighted by Gasteiger charge is 2.32. The highest BCUT2D eigenvalue weighted by Crippen LogP contribution is 2.22. The lowest BCUT2D eigenvalue weighted by Gasteiger charge is -2.27. The smallest absolute Gasteiger partial charge is 0.162 e. The van der Waals surface area contributed by atoms with Crippen LogP contribution in [0.5, 0.6) is 0 Å². The Labute approximate surface area is 108 Å². The van der Waals surface area contributed by atoms with Crippen molar-refractivity contribution in [2.75, 3.05) is 13.2 Å². The molecule has 2 heterocycles. The number of rotatable bonds is 3. The van der Waals surface area contributed by atoms with E-state index in [1.54, 1.807) is 0 Å². The Kier molecular flexibility index (Phi) is 3.93. The van der Waals surface area contributed by atoms with E-state index in [-0.39, 0.29) is 12.4 Å². The zero-order valence-corrected chi connectivity index (χ0v) is 10.7. The summed E-state index contributed by atoms with van der Waals surface area (Å²) >= 11 is 0. The van der Waals surface area contributed by atoms with Gasteiger partial charge in [-0.3, -0.25) is 0 Å². The van der Waals surface area contributed by atoms with Crippen LogP contribution in [-0.2, 0) is 15.9 Å². The molecule has 0 unspecified atom stereocenters. The van der Waals surface area contributed by atoms with Gasteiger partial charge in [0.05, 0.1) is 12.7 Å². The molecule has 0 aromatic heterocycles. The molecule has 1 N–H and O–H groups in total. The molecule has 2 saturated heterocycles. The lowest BCUT2D eigenvalue weighted by Crippen LogP contribution is -2.44. The Hall–Kier alpha value is -0.900. The summed E-state index contributed by atoms with van der Waals surface area (Å²) in [5.74, 6) is 0. The third kappa shape index (κ3) is 2.91. The van der Waals surface area contributed by atoms with Crippen molar-refractivity contribution in [3.05, 3.63) is 35.9 Å². The van der Waals surface area contributed by atoms with Crippen LogP contribution in [0.25, 0.3) is 0 Å². The number of piperidine rings is 1. The van der Waals surface area contributed by atoms with Crippen LogP contribution in [0.2, 0.25) is 0 Å². The Morgan fingerprint density at radius 3 is 2.83 bits per heavy atom. The standard InChI is InChI=1S/C15H21NO2/c1-2-6-12(7-3-1)10-15-17-11-14(18-15)13-8-4-5-9-16-13/h1-3,6-7,13-16H,4-5,8-11H2/t13-,14+,15+/m1/s1. The van der Waals surface area contributed by atoms with Gasteiger partial charge in [-0.15, -0.1) is 0 Å². The number of hydrogen-bond donors (Lipinski definition) is 1. The van der Waals surface area contributed by atoms with Crippen LogP contribution in [0.3, 0.4) is 0 Å². The van der Waals surface area contributed by atoms with E-state index in [1.165, 1.54) is 24.8 Å². The first-order valence-corrected chi connectivity index (χ1v) is 6.96. The molecule has 3 rings (SSSR count). The fourth-order valence-corrected chi connectivity index (χ4v) is 2.80. The van der Waals surface area contributed by atoms with Gasteiger partial charge in [-0.25, -0.2) is 0 Å². The molecule has 0 amide bonds. The van der Waals surface area contributed by atoms with Crippen molar-refractivity contribution < 1.29 is 9.47 Å². The first kappa shape index (κ1) is 12.2. The average molecular weight is 247 g/mol. The fourth-order valence-electron chi connectivity index (χ4n) is 2.80. The minimum Gasteiger partial charge on any atom is -0.350 e. The van der Waals surface area contributed by atoms with Gasteiger partial charge >= 0.3 is 0 Å². The monoisotopic (exact) mass is 247 g/mol. The molecule has 1 aromatic rings. The Morgan fingerprint density at radius 1 is 1.17 bits per heavy atom. The summed E-state index contributed by atoms with van der Waals surface area (Å²) in [6.45, 7) is 1.85. The van der Waals surface area contributed by atoms with Gasteiger partial charge in [0.1, 0.15) is 0 Å². The molecule has 98 valence electrons. The third-order valence-corrected chi connectivity index (χ3v) is 3.82. The summed E-state index contributed by atoms with van der Waals surface area (Å²) in [7, 11) is 0. The molecule has 0 aliphatic carbocycles. The second-order valence-corrected chi connectivity index (χ2v) is 5.18. The second kappa shape index (κ2) is 5.83. The van der Waals surface area contributed by atoms with Crippen LogP contribution in [0.4, 0.5) is 0 Å².